The van der Waals surface area contributed by atoms with Crippen molar-refractivity contribution in [3.8, 4) is 11.5 Å². The molecule has 0 spiro atoms. The van der Waals surface area contributed by atoms with E-state index in [2.05, 4.69) is 13.8 Å². The summed E-state index contributed by atoms with van der Waals surface area (Å²) >= 11 is 0. The van der Waals surface area contributed by atoms with Gasteiger partial charge in [0.15, 0.2) is 0 Å². The molecule has 0 aromatic heterocycles. The number of rotatable bonds is 9. The molecule has 1 rings (SSSR count). The number of benzene rings is 1. The Morgan fingerprint density at radius 3 is 2.45 bits per heavy atom. The van der Waals surface area contributed by atoms with Crippen LogP contribution in [-0.2, 0) is 4.74 Å². The van der Waals surface area contributed by atoms with Crippen LogP contribution in [0.2, 0.25) is 0 Å². The lowest BCUT2D eigenvalue weighted by molar-refractivity contribution is 0.0921. The third-order valence-corrected chi connectivity index (χ3v) is 3.04. The molecule has 1 unspecified atom stereocenters. The SMILES string of the molecule is COc1ccc(C(C)N)c(OCCOCCC(C)C)c1. The van der Waals surface area contributed by atoms with Gasteiger partial charge in [-0.2, -0.15) is 0 Å². The standard InChI is InChI=1S/C16H27NO3/c1-12(2)7-8-19-9-10-20-16-11-14(18-4)5-6-15(16)13(3)17/h5-6,11-13H,7-10,17H2,1-4H3. The molecular formula is C16H27NO3. The van der Waals surface area contributed by atoms with E-state index in [9.17, 15) is 0 Å². The molecule has 0 aliphatic heterocycles. The first-order chi connectivity index (χ1) is 9.54. The zero-order valence-corrected chi connectivity index (χ0v) is 13.0. The van der Waals surface area contributed by atoms with Crippen molar-refractivity contribution < 1.29 is 14.2 Å². The summed E-state index contributed by atoms with van der Waals surface area (Å²) in [5, 5.41) is 0. The highest BCUT2D eigenvalue weighted by molar-refractivity contribution is 5.42. The van der Waals surface area contributed by atoms with Crippen molar-refractivity contribution >= 4 is 0 Å². The van der Waals surface area contributed by atoms with E-state index in [0.717, 1.165) is 30.1 Å². The number of methoxy groups -OCH3 is 1. The Bertz CT molecular complexity index is 391. The summed E-state index contributed by atoms with van der Waals surface area (Å²) in [7, 11) is 1.64. The van der Waals surface area contributed by atoms with Crippen LogP contribution in [0.3, 0.4) is 0 Å². The lowest BCUT2D eigenvalue weighted by Crippen LogP contribution is -2.12. The molecule has 0 bridgehead atoms. The molecule has 0 amide bonds. The molecule has 2 N–H and O–H groups in total. The average molecular weight is 281 g/mol. The molecule has 0 heterocycles. The van der Waals surface area contributed by atoms with E-state index in [4.69, 9.17) is 19.9 Å². The van der Waals surface area contributed by atoms with Gasteiger partial charge in [-0.05, 0) is 25.3 Å². The second-order valence-corrected chi connectivity index (χ2v) is 5.34. The molecule has 0 aliphatic carbocycles. The second kappa shape index (κ2) is 8.82. The van der Waals surface area contributed by atoms with Crippen LogP contribution in [0, 0.1) is 5.92 Å². The van der Waals surface area contributed by atoms with E-state index in [1.54, 1.807) is 7.11 Å². The molecular weight excluding hydrogens is 254 g/mol. The molecule has 0 saturated heterocycles. The van der Waals surface area contributed by atoms with Gasteiger partial charge in [0.25, 0.3) is 0 Å². The summed E-state index contributed by atoms with van der Waals surface area (Å²) < 4.78 is 16.5. The number of hydrogen-bond donors (Lipinski definition) is 1. The topological polar surface area (TPSA) is 53.7 Å². The highest BCUT2D eigenvalue weighted by Crippen LogP contribution is 2.28. The monoisotopic (exact) mass is 281 g/mol. The molecule has 4 heteroatoms. The molecule has 0 fully saturated rings. The summed E-state index contributed by atoms with van der Waals surface area (Å²) in [6.07, 6.45) is 1.07. The summed E-state index contributed by atoms with van der Waals surface area (Å²) in [5.74, 6) is 2.20. The summed E-state index contributed by atoms with van der Waals surface area (Å²) in [5.41, 5.74) is 6.92. The number of hydrogen-bond acceptors (Lipinski definition) is 4. The minimum atomic E-state index is -0.0715. The predicted molar refractivity (Wildman–Crippen MR) is 81.4 cm³/mol. The van der Waals surface area contributed by atoms with E-state index in [1.807, 2.05) is 25.1 Å². The highest BCUT2D eigenvalue weighted by atomic mass is 16.5. The Morgan fingerprint density at radius 2 is 1.85 bits per heavy atom. The van der Waals surface area contributed by atoms with Gasteiger partial charge in [-0.15, -0.1) is 0 Å². The van der Waals surface area contributed by atoms with E-state index < -0.39 is 0 Å². The minimum Gasteiger partial charge on any atom is -0.497 e. The minimum absolute atomic E-state index is 0.0715. The molecule has 0 saturated carbocycles. The van der Waals surface area contributed by atoms with Crippen LogP contribution in [-0.4, -0.2) is 26.9 Å². The van der Waals surface area contributed by atoms with Crippen LogP contribution in [0.4, 0.5) is 0 Å². The molecule has 114 valence electrons. The Labute approximate surface area is 122 Å². The van der Waals surface area contributed by atoms with E-state index in [1.165, 1.54) is 0 Å². The van der Waals surface area contributed by atoms with Gasteiger partial charge in [-0.25, -0.2) is 0 Å². The number of ether oxygens (including phenoxy) is 3. The maximum Gasteiger partial charge on any atom is 0.127 e. The van der Waals surface area contributed by atoms with Gasteiger partial charge >= 0.3 is 0 Å². The quantitative estimate of drug-likeness (QED) is 0.706. The maximum absolute atomic E-state index is 5.94. The van der Waals surface area contributed by atoms with E-state index in [0.29, 0.717) is 19.1 Å². The summed E-state index contributed by atoms with van der Waals surface area (Å²) in [4.78, 5) is 0. The summed E-state index contributed by atoms with van der Waals surface area (Å²) in [6, 6.07) is 5.63. The Hall–Kier alpha value is -1.26. The first-order valence-electron chi connectivity index (χ1n) is 7.18. The van der Waals surface area contributed by atoms with Gasteiger partial charge in [0.2, 0.25) is 0 Å². The lowest BCUT2D eigenvalue weighted by Gasteiger charge is -2.15. The van der Waals surface area contributed by atoms with Gasteiger partial charge in [0.05, 0.1) is 13.7 Å². The zero-order chi connectivity index (χ0) is 15.0. The van der Waals surface area contributed by atoms with Gasteiger partial charge < -0.3 is 19.9 Å². The molecule has 0 radical (unpaired) electrons. The van der Waals surface area contributed by atoms with Crippen LogP contribution in [0.25, 0.3) is 0 Å². The average Bonchev–Trinajstić information content (AvgIpc) is 2.41. The van der Waals surface area contributed by atoms with Crippen LogP contribution in [0.5, 0.6) is 11.5 Å². The van der Waals surface area contributed by atoms with Crippen molar-refractivity contribution in [2.45, 2.75) is 33.2 Å². The van der Waals surface area contributed by atoms with Crippen molar-refractivity contribution in [3.63, 3.8) is 0 Å². The lowest BCUT2D eigenvalue weighted by atomic mass is 10.1. The van der Waals surface area contributed by atoms with Crippen LogP contribution < -0.4 is 15.2 Å². The van der Waals surface area contributed by atoms with Crippen LogP contribution in [0.15, 0.2) is 18.2 Å². The van der Waals surface area contributed by atoms with Crippen LogP contribution >= 0.6 is 0 Å². The number of nitrogens with two attached hydrogens (primary N) is 1. The Balaban J connectivity index is 2.45. The third kappa shape index (κ3) is 5.80. The first-order valence-corrected chi connectivity index (χ1v) is 7.18. The molecule has 20 heavy (non-hydrogen) atoms. The molecule has 1 atom stereocenters. The van der Waals surface area contributed by atoms with E-state index in [-0.39, 0.29) is 6.04 Å². The molecule has 4 nitrogen and oxygen atoms in total. The predicted octanol–water partition coefficient (Wildman–Crippen LogP) is 3.16. The van der Waals surface area contributed by atoms with Crippen molar-refractivity contribution in [2.75, 3.05) is 26.9 Å². The second-order valence-electron chi connectivity index (χ2n) is 5.34. The Kier molecular flexibility index (Phi) is 7.41. The summed E-state index contributed by atoms with van der Waals surface area (Å²) in [6.45, 7) is 8.19. The van der Waals surface area contributed by atoms with Gasteiger partial charge in [-0.3, -0.25) is 0 Å². The fourth-order valence-corrected chi connectivity index (χ4v) is 1.77. The van der Waals surface area contributed by atoms with Gasteiger partial charge in [0.1, 0.15) is 18.1 Å². The third-order valence-electron chi connectivity index (χ3n) is 3.04. The normalized spacial score (nSPS) is 12.5. The van der Waals surface area contributed by atoms with Crippen molar-refractivity contribution in [2.24, 2.45) is 11.7 Å². The molecule has 0 aliphatic rings. The zero-order valence-electron chi connectivity index (χ0n) is 13.0. The first kappa shape index (κ1) is 16.8. The maximum atomic E-state index is 5.94. The smallest absolute Gasteiger partial charge is 0.127 e. The molecule has 1 aromatic carbocycles. The highest BCUT2D eigenvalue weighted by Gasteiger charge is 2.09. The van der Waals surface area contributed by atoms with Gasteiger partial charge in [-0.1, -0.05) is 19.9 Å². The molecule has 1 aromatic rings. The van der Waals surface area contributed by atoms with Crippen molar-refractivity contribution in [1.29, 1.82) is 0 Å². The fraction of sp³-hybridized carbons (Fsp3) is 0.625. The fourth-order valence-electron chi connectivity index (χ4n) is 1.77. The van der Waals surface area contributed by atoms with Crippen molar-refractivity contribution in [3.05, 3.63) is 23.8 Å². The van der Waals surface area contributed by atoms with E-state index >= 15 is 0 Å². The largest absolute Gasteiger partial charge is 0.497 e. The Morgan fingerprint density at radius 1 is 1.10 bits per heavy atom. The van der Waals surface area contributed by atoms with Gasteiger partial charge in [0, 0.05) is 24.3 Å². The van der Waals surface area contributed by atoms with Crippen molar-refractivity contribution in [1.82, 2.24) is 0 Å². The van der Waals surface area contributed by atoms with Crippen LogP contribution in [0.1, 0.15) is 38.8 Å².